The molecule has 11 heteroatoms. The van der Waals surface area contributed by atoms with E-state index in [2.05, 4.69) is 36.2 Å². The minimum atomic E-state index is -0.721. The summed E-state index contributed by atoms with van der Waals surface area (Å²) >= 11 is 3.30. The molecular formula is C25H25BrFN7O2. The average molecular weight is 554 g/mol. The van der Waals surface area contributed by atoms with Crippen molar-refractivity contribution in [1.29, 1.82) is 0 Å². The number of hydrogen-bond donors (Lipinski definition) is 2. The number of aromatic nitrogens is 4. The molecule has 186 valence electrons. The first-order valence-corrected chi connectivity index (χ1v) is 12.3. The number of halogens is 2. The molecule has 0 unspecified atom stereocenters. The summed E-state index contributed by atoms with van der Waals surface area (Å²) in [5.41, 5.74) is 6.36. The van der Waals surface area contributed by atoms with Crippen molar-refractivity contribution < 1.29 is 14.0 Å². The van der Waals surface area contributed by atoms with E-state index < -0.39 is 11.9 Å². The van der Waals surface area contributed by atoms with E-state index in [0.717, 1.165) is 0 Å². The molecule has 1 saturated heterocycles. The fourth-order valence-corrected chi connectivity index (χ4v) is 5.37. The lowest BCUT2D eigenvalue weighted by Gasteiger charge is -2.31. The molecule has 0 bridgehead atoms. The van der Waals surface area contributed by atoms with E-state index in [-0.39, 0.29) is 41.2 Å². The first kappa shape index (κ1) is 24.1. The highest BCUT2D eigenvalue weighted by Gasteiger charge is 2.49. The van der Waals surface area contributed by atoms with Crippen molar-refractivity contribution in [2.75, 3.05) is 11.1 Å². The van der Waals surface area contributed by atoms with Crippen molar-refractivity contribution in [3.8, 4) is 0 Å². The van der Waals surface area contributed by atoms with Crippen LogP contribution in [-0.4, -0.2) is 48.3 Å². The van der Waals surface area contributed by atoms with Crippen LogP contribution in [0.15, 0.2) is 47.3 Å². The Hall–Kier alpha value is -3.60. The maximum absolute atomic E-state index is 15.0. The molecule has 0 saturated carbocycles. The lowest BCUT2D eigenvalue weighted by Crippen LogP contribution is -2.48. The van der Waals surface area contributed by atoms with E-state index in [4.69, 9.17) is 5.73 Å². The number of amides is 2. The number of pyridine rings is 1. The summed E-state index contributed by atoms with van der Waals surface area (Å²) in [5, 5.41) is 3.84. The van der Waals surface area contributed by atoms with Crippen molar-refractivity contribution in [1.82, 2.24) is 24.4 Å². The Morgan fingerprint density at radius 2 is 1.97 bits per heavy atom. The quantitative estimate of drug-likeness (QED) is 0.367. The van der Waals surface area contributed by atoms with Crippen LogP contribution in [0.1, 0.15) is 27.2 Å². The van der Waals surface area contributed by atoms with Gasteiger partial charge in [0, 0.05) is 11.4 Å². The first-order valence-electron chi connectivity index (χ1n) is 11.5. The second-order valence-electron chi connectivity index (χ2n) is 9.70. The molecule has 2 amide bonds. The van der Waals surface area contributed by atoms with Crippen LogP contribution in [0, 0.1) is 11.2 Å². The van der Waals surface area contributed by atoms with Crippen molar-refractivity contribution >= 4 is 61.3 Å². The molecule has 1 fully saturated rings. The zero-order valence-corrected chi connectivity index (χ0v) is 21.6. The minimum absolute atomic E-state index is 0.205. The highest BCUT2D eigenvalue weighted by molar-refractivity contribution is 9.10. The molecule has 3 aromatic heterocycles. The molecule has 5 rings (SSSR count). The summed E-state index contributed by atoms with van der Waals surface area (Å²) in [5.74, 6) is -0.560. The number of hydrogen-bond acceptors (Lipinski definition) is 6. The van der Waals surface area contributed by atoms with Crippen LogP contribution >= 0.6 is 15.9 Å². The van der Waals surface area contributed by atoms with Gasteiger partial charge in [-0.3, -0.25) is 9.59 Å². The van der Waals surface area contributed by atoms with Gasteiger partial charge in [-0.2, -0.15) is 0 Å². The fraction of sp³-hybridized carbons (Fsp3) is 0.320. The van der Waals surface area contributed by atoms with Gasteiger partial charge < -0.3 is 20.5 Å². The largest absolute Gasteiger partial charge is 0.383 e. The molecule has 2 atom stereocenters. The van der Waals surface area contributed by atoms with Crippen LogP contribution in [0.5, 0.6) is 0 Å². The molecule has 36 heavy (non-hydrogen) atoms. The molecule has 9 nitrogen and oxygen atoms in total. The van der Waals surface area contributed by atoms with Crippen molar-refractivity contribution in [2.24, 2.45) is 5.41 Å². The van der Waals surface area contributed by atoms with Crippen LogP contribution in [0.2, 0.25) is 0 Å². The third-order valence-corrected chi connectivity index (χ3v) is 7.53. The Morgan fingerprint density at radius 1 is 1.22 bits per heavy atom. The predicted molar refractivity (Wildman–Crippen MR) is 138 cm³/mol. The van der Waals surface area contributed by atoms with Gasteiger partial charge in [-0.05, 0) is 52.9 Å². The molecule has 1 aliphatic heterocycles. The van der Waals surface area contributed by atoms with Crippen molar-refractivity contribution in [3.63, 3.8) is 0 Å². The number of anilines is 2. The molecule has 4 heterocycles. The summed E-state index contributed by atoms with van der Waals surface area (Å²) < 4.78 is 17.1. The number of fused-ring (bicyclic) bond motifs is 3. The summed E-state index contributed by atoms with van der Waals surface area (Å²) in [6, 6.07) is 8.88. The summed E-state index contributed by atoms with van der Waals surface area (Å²) in [4.78, 5) is 41.4. The number of nitrogens with two attached hydrogens (primary N) is 1. The lowest BCUT2D eigenvalue weighted by atomic mass is 9.84. The van der Waals surface area contributed by atoms with Crippen molar-refractivity contribution in [3.05, 3.63) is 53.1 Å². The summed E-state index contributed by atoms with van der Waals surface area (Å²) in [6.45, 7) is 5.76. The molecule has 0 radical (unpaired) electrons. The molecule has 4 aromatic rings. The van der Waals surface area contributed by atoms with Crippen LogP contribution in [-0.2, 0) is 16.1 Å². The van der Waals surface area contributed by atoms with Gasteiger partial charge in [-0.1, -0.05) is 32.0 Å². The molecule has 0 aliphatic carbocycles. The molecular weight excluding hydrogens is 529 g/mol. The number of likely N-dealkylation sites (tertiary alicyclic amines) is 1. The Labute approximate surface area is 215 Å². The molecule has 0 spiro atoms. The van der Waals surface area contributed by atoms with Gasteiger partial charge in [0.2, 0.25) is 11.8 Å². The standard InChI is InChI=1S/C25H25BrFN7O2/c1-13-25(2,3)10-16(24(36)32-18-9-5-8-17(26)31-18)34(13)19(35)11-33-21-14(6-4-7-15(21)27)20-22(28)29-12-30-23(20)33/h4-9,12-13,16H,10-11H2,1-3H3,(H2,28,29,30)(H,31,32,36)/t13-,16+/m1/s1. The predicted octanol–water partition coefficient (Wildman–Crippen LogP) is 4.12. The summed E-state index contributed by atoms with van der Waals surface area (Å²) in [7, 11) is 0. The van der Waals surface area contributed by atoms with Crippen LogP contribution < -0.4 is 11.1 Å². The number of para-hydroxylation sites is 1. The third kappa shape index (κ3) is 3.97. The van der Waals surface area contributed by atoms with E-state index in [1.165, 1.54) is 17.0 Å². The monoisotopic (exact) mass is 553 g/mol. The number of benzene rings is 1. The third-order valence-electron chi connectivity index (χ3n) is 7.09. The van der Waals surface area contributed by atoms with Gasteiger partial charge in [0.1, 0.15) is 46.6 Å². The number of carbonyl (C=O) groups is 2. The Balaban J connectivity index is 1.53. The number of rotatable bonds is 4. The van der Waals surface area contributed by atoms with Gasteiger partial charge in [-0.25, -0.2) is 19.3 Å². The van der Waals surface area contributed by atoms with Gasteiger partial charge >= 0.3 is 0 Å². The van der Waals surface area contributed by atoms with Gasteiger partial charge in [0.05, 0.1) is 10.9 Å². The van der Waals surface area contributed by atoms with E-state index >= 15 is 4.39 Å². The van der Waals surface area contributed by atoms with Crippen molar-refractivity contribution in [2.45, 2.75) is 45.8 Å². The Morgan fingerprint density at radius 3 is 2.72 bits per heavy atom. The maximum Gasteiger partial charge on any atom is 0.248 e. The number of nitrogen functional groups attached to an aromatic ring is 1. The van der Waals surface area contributed by atoms with E-state index in [9.17, 15) is 9.59 Å². The Bertz CT molecular complexity index is 1520. The average Bonchev–Trinajstić information content (AvgIpc) is 3.26. The zero-order valence-electron chi connectivity index (χ0n) is 20.0. The molecule has 1 aliphatic rings. The minimum Gasteiger partial charge on any atom is -0.383 e. The van der Waals surface area contributed by atoms with Crippen LogP contribution in [0.25, 0.3) is 21.9 Å². The van der Waals surface area contributed by atoms with Crippen LogP contribution in [0.4, 0.5) is 16.0 Å². The second-order valence-corrected chi connectivity index (χ2v) is 10.5. The lowest BCUT2D eigenvalue weighted by molar-refractivity contribution is -0.139. The number of nitrogens with one attached hydrogen (secondary N) is 1. The SMILES string of the molecule is C[C@H]1N(C(=O)Cn2c3ncnc(N)c3c3cccc(F)c32)[C@H](C(=O)Nc2cccc(Br)n2)CC1(C)C. The van der Waals surface area contributed by atoms with E-state index in [1.807, 2.05) is 20.8 Å². The van der Waals surface area contributed by atoms with Crippen LogP contribution in [0.3, 0.4) is 0 Å². The normalized spacial score (nSPS) is 19.2. The molecule has 1 aromatic carbocycles. The highest BCUT2D eigenvalue weighted by atomic mass is 79.9. The second kappa shape index (κ2) is 8.81. The first-order chi connectivity index (χ1) is 17.1. The fourth-order valence-electron chi connectivity index (χ4n) is 5.03. The van der Waals surface area contributed by atoms with E-state index in [0.29, 0.717) is 33.3 Å². The molecule has 3 N–H and O–H groups in total. The van der Waals surface area contributed by atoms with Gasteiger partial charge in [0.25, 0.3) is 0 Å². The maximum atomic E-state index is 15.0. The smallest absolute Gasteiger partial charge is 0.248 e. The van der Waals surface area contributed by atoms with Gasteiger partial charge in [0.15, 0.2) is 0 Å². The van der Waals surface area contributed by atoms with E-state index in [1.54, 1.807) is 35.2 Å². The van der Waals surface area contributed by atoms with Gasteiger partial charge in [-0.15, -0.1) is 0 Å². The zero-order chi connectivity index (χ0) is 25.8. The number of nitrogens with zero attached hydrogens (tertiary/aromatic N) is 5. The topological polar surface area (TPSA) is 119 Å². The number of carbonyl (C=O) groups excluding carboxylic acids is 2. The summed E-state index contributed by atoms with van der Waals surface area (Å²) in [6.07, 6.45) is 1.76. The highest BCUT2D eigenvalue weighted by Crippen LogP contribution is 2.41. The Kier molecular flexibility index (Phi) is 5.90.